The monoisotopic (exact) mass is 388 g/mol. The highest BCUT2D eigenvalue weighted by Gasteiger charge is 2.36. The van der Waals surface area contributed by atoms with Gasteiger partial charge in [0.05, 0.1) is 12.7 Å². The van der Waals surface area contributed by atoms with Gasteiger partial charge in [-0.3, -0.25) is 9.59 Å². The van der Waals surface area contributed by atoms with Gasteiger partial charge >= 0.3 is 5.97 Å². The van der Waals surface area contributed by atoms with Crippen molar-refractivity contribution in [3.05, 3.63) is 64.7 Å². The zero-order valence-electron chi connectivity index (χ0n) is 15.3. The number of rotatable bonds is 6. The first-order valence-corrected chi connectivity index (χ1v) is 8.64. The van der Waals surface area contributed by atoms with Crippen LogP contribution in [0.5, 0.6) is 0 Å². The van der Waals surface area contributed by atoms with Crippen molar-refractivity contribution in [2.45, 2.75) is 20.4 Å². The number of methoxy groups -OCH3 is 1. The number of nitrogens with one attached hydrogen (secondary N) is 2. The normalized spacial score (nSPS) is 10.8. The van der Waals surface area contributed by atoms with Crippen LogP contribution in [0.15, 0.2) is 48.5 Å². The summed E-state index contributed by atoms with van der Waals surface area (Å²) >= 11 is 5.84. The molecule has 2 aromatic rings. The van der Waals surface area contributed by atoms with Gasteiger partial charge in [0.1, 0.15) is 5.41 Å². The van der Waals surface area contributed by atoms with E-state index in [-0.39, 0.29) is 6.54 Å². The van der Waals surface area contributed by atoms with E-state index in [1.165, 1.54) is 27.0 Å². The molecule has 0 fully saturated rings. The van der Waals surface area contributed by atoms with Gasteiger partial charge < -0.3 is 15.4 Å². The summed E-state index contributed by atoms with van der Waals surface area (Å²) in [7, 11) is 1.28. The minimum Gasteiger partial charge on any atom is -0.465 e. The van der Waals surface area contributed by atoms with Crippen molar-refractivity contribution >= 4 is 35.1 Å². The van der Waals surface area contributed by atoms with Crippen LogP contribution in [0.2, 0.25) is 5.02 Å². The molecule has 7 heteroatoms. The molecule has 2 N–H and O–H groups in total. The maximum absolute atomic E-state index is 12.6. The molecule has 0 radical (unpaired) electrons. The molecule has 0 spiro atoms. The summed E-state index contributed by atoms with van der Waals surface area (Å²) in [5, 5.41) is 6.02. The van der Waals surface area contributed by atoms with E-state index in [9.17, 15) is 14.4 Å². The molecule has 6 nitrogen and oxygen atoms in total. The van der Waals surface area contributed by atoms with Crippen molar-refractivity contribution < 1.29 is 19.1 Å². The van der Waals surface area contributed by atoms with Crippen LogP contribution in [0.3, 0.4) is 0 Å². The van der Waals surface area contributed by atoms with Gasteiger partial charge in [-0.25, -0.2) is 4.79 Å². The number of hydrogen-bond donors (Lipinski definition) is 2. The number of ether oxygens (including phenoxy) is 1. The average Bonchev–Trinajstić information content (AvgIpc) is 2.66. The lowest BCUT2D eigenvalue weighted by atomic mass is 9.90. The highest BCUT2D eigenvalue weighted by Crippen LogP contribution is 2.20. The largest absolute Gasteiger partial charge is 0.465 e. The minimum absolute atomic E-state index is 0.282. The number of carbonyl (C=O) groups excluding carboxylic acids is 3. The maximum Gasteiger partial charge on any atom is 0.337 e. The van der Waals surface area contributed by atoms with Gasteiger partial charge in [0, 0.05) is 17.3 Å². The highest BCUT2D eigenvalue weighted by atomic mass is 35.5. The Morgan fingerprint density at radius 1 is 1.04 bits per heavy atom. The van der Waals surface area contributed by atoms with Gasteiger partial charge in [-0.2, -0.15) is 0 Å². The first-order valence-electron chi connectivity index (χ1n) is 8.26. The molecule has 0 saturated heterocycles. The van der Waals surface area contributed by atoms with Crippen molar-refractivity contribution in [2.75, 3.05) is 12.4 Å². The number of anilines is 1. The van der Waals surface area contributed by atoms with E-state index in [1.54, 1.807) is 42.5 Å². The predicted molar refractivity (Wildman–Crippen MR) is 103 cm³/mol. The lowest BCUT2D eigenvalue weighted by Gasteiger charge is -2.23. The van der Waals surface area contributed by atoms with Crippen LogP contribution in [0.4, 0.5) is 5.69 Å². The van der Waals surface area contributed by atoms with E-state index in [4.69, 9.17) is 11.6 Å². The van der Waals surface area contributed by atoms with Gasteiger partial charge in [-0.15, -0.1) is 0 Å². The second-order valence-electron chi connectivity index (χ2n) is 6.46. The van der Waals surface area contributed by atoms with Crippen molar-refractivity contribution in [1.29, 1.82) is 0 Å². The molecule has 2 rings (SSSR count). The van der Waals surface area contributed by atoms with E-state index >= 15 is 0 Å². The van der Waals surface area contributed by atoms with E-state index in [0.717, 1.165) is 5.56 Å². The fourth-order valence-corrected chi connectivity index (χ4v) is 2.36. The van der Waals surface area contributed by atoms with Crippen molar-refractivity contribution in [3.63, 3.8) is 0 Å². The smallest absolute Gasteiger partial charge is 0.337 e. The van der Waals surface area contributed by atoms with Crippen LogP contribution in [0.1, 0.15) is 29.8 Å². The van der Waals surface area contributed by atoms with E-state index in [1.807, 2.05) is 0 Å². The number of carbonyl (C=O) groups is 3. The quantitative estimate of drug-likeness (QED) is 0.586. The Hall–Kier alpha value is -2.86. The summed E-state index contributed by atoms with van der Waals surface area (Å²) in [6.45, 7) is 3.35. The Morgan fingerprint density at radius 3 is 2.33 bits per heavy atom. The SMILES string of the molecule is COC(=O)c1cccc(NC(=O)C(C)(C)C(=O)NCc2ccc(Cl)cc2)c1. The Morgan fingerprint density at radius 2 is 1.70 bits per heavy atom. The second kappa shape index (κ2) is 8.68. The standard InChI is InChI=1S/C20H21ClN2O4/c1-20(2,18(25)22-12-13-7-9-15(21)10-8-13)19(26)23-16-6-4-5-14(11-16)17(24)27-3/h4-11H,12H2,1-3H3,(H,22,25)(H,23,26). The third-order valence-electron chi connectivity index (χ3n) is 4.04. The third-order valence-corrected chi connectivity index (χ3v) is 4.30. The highest BCUT2D eigenvalue weighted by molar-refractivity contribution is 6.30. The van der Waals surface area contributed by atoms with Gasteiger partial charge in [-0.05, 0) is 49.7 Å². The number of hydrogen-bond acceptors (Lipinski definition) is 4. The van der Waals surface area contributed by atoms with Gasteiger partial charge in [0.2, 0.25) is 11.8 Å². The summed E-state index contributed by atoms with van der Waals surface area (Å²) in [4.78, 5) is 36.7. The fraction of sp³-hybridized carbons (Fsp3) is 0.250. The summed E-state index contributed by atoms with van der Waals surface area (Å²) < 4.78 is 4.66. The summed E-state index contributed by atoms with van der Waals surface area (Å²) in [5.41, 5.74) is 0.268. The molecule has 2 amide bonds. The number of halogens is 1. The fourth-order valence-electron chi connectivity index (χ4n) is 2.24. The molecule has 0 heterocycles. The molecule has 0 bridgehead atoms. The van der Waals surface area contributed by atoms with Crippen LogP contribution < -0.4 is 10.6 Å². The summed E-state index contributed by atoms with van der Waals surface area (Å²) in [6.07, 6.45) is 0. The molecule has 0 aliphatic heterocycles. The minimum atomic E-state index is -1.31. The zero-order valence-corrected chi connectivity index (χ0v) is 16.1. The molecule has 0 atom stereocenters. The van der Waals surface area contributed by atoms with Crippen LogP contribution >= 0.6 is 11.6 Å². The first kappa shape index (κ1) is 20.5. The van der Waals surface area contributed by atoms with Crippen LogP contribution in [0, 0.1) is 5.41 Å². The lowest BCUT2D eigenvalue weighted by molar-refractivity contribution is -0.138. The molecule has 0 aliphatic rings. The molecule has 0 aromatic heterocycles. The molecule has 142 valence electrons. The van der Waals surface area contributed by atoms with Crippen LogP contribution in [-0.2, 0) is 20.9 Å². The van der Waals surface area contributed by atoms with Crippen molar-refractivity contribution in [2.24, 2.45) is 5.41 Å². The lowest BCUT2D eigenvalue weighted by Crippen LogP contribution is -2.44. The molecule has 0 aliphatic carbocycles. The topological polar surface area (TPSA) is 84.5 Å². The molecular formula is C20H21ClN2O4. The Kier molecular flexibility index (Phi) is 6.58. The second-order valence-corrected chi connectivity index (χ2v) is 6.90. The Balaban J connectivity index is 2.02. The summed E-state index contributed by atoms with van der Waals surface area (Å²) in [5.74, 6) is -1.41. The Labute approximate surface area is 162 Å². The maximum atomic E-state index is 12.6. The predicted octanol–water partition coefficient (Wildman–Crippen LogP) is 3.41. The molecule has 2 aromatic carbocycles. The van der Waals surface area contributed by atoms with Gasteiger partial charge in [-0.1, -0.05) is 29.8 Å². The van der Waals surface area contributed by atoms with Gasteiger partial charge in [0.15, 0.2) is 0 Å². The van der Waals surface area contributed by atoms with Crippen molar-refractivity contribution in [3.8, 4) is 0 Å². The molecule has 27 heavy (non-hydrogen) atoms. The van der Waals surface area contributed by atoms with Crippen LogP contribution in [-0.4, -0.2) is 24.9 Å². The van der Waals surface area contributed by atoms with E-state index < -0.39 is 23.2 Å². The average molecular weight is 389 g/mol. The Bertz CT molecular complexity index is 847. The summed E-state index contributed by atoms with van der Waals surface area (Å²) in [6, 6.07) is 13.4. The first-order chi connectivity index (χ1) is 12.7. The number of esters is 1. The molecule has 0 saturated carbocycles. The number of amides is 2. The third kappa shape index (κ3) is 5.31. The van der Waals surface area contributed by atoms with E-state index in [2.05, 4.69) is 15.4 Å². The van der Waals surface area contributed by atoms with Gasteiger partial charge in [0.25, 0.3) is 0 Å². The zero-order chi connectivity index (χ0) is 20.0. The van der Waals surface area contributed by atoms with Crippen LogP contribution in [0.25, 0.3) is 0 Å². The number of benzene rings is 2. The van der Waals surface area contributed by atoms with E-state index in [0.29, 0.717) is 16.3 Å². The molecule has 0 unspecified atom stereocenters. The van der Waals surface area contributed by atoms with Crippen molar-refractivity contribution in [1.82, 2.24) is 5.32 Å². The molecular weight excluding hydrogens is 368 g/mol.